The highest BCUT2D eigenvalue weighted by molar-refractivity contribution is 5.94. The number of nitrogens with zero attached hydrogens (tertiary/aromatic N) is 7. The Balaban J connectivity index is 1.82. The van der Waals surface area contributed by atoms with E-state index in [0.717, 1.165) is 48.4 Å². The van der Waals surface area contributed by atoms with E-state index in [1.54, 1.807) is 23.2 Å². The minimum Gasteiger partial charge on any atom is -0.328 e. The number of aryl methyl sites for hydroxylation is 1. The predicted molar refractivity (Wildman–Crippen MR) is 107 cm³/mol. The molecule has 0 unspecified atom stereocenters. The van der Waals surface area contributed by atoms with Gasteiger partial charge in [0.2, 0.25) is 0 Å². The van der Waals surface area contributed by atoms with Gasteiger partial charge in [-0.25, -0.2) is 14.5 Å². The van der Waals surface area contributed by atoms with Crippen LogP contribution in [0.5, 0.6) is 0 Å². The highest BCUT2D eigenvalue weighted by Crippen LogP contribution is 2.28. The average molecular weight is 363 g/mol. The molecule has 0 saturated carbocycles. The third-order valence-electron chi connectivity index (χ3n) is 5.42. The van der Waals surface area contributed by atoms with Gasteiger partial charge in [-0.15, -0.1) is 5.10 Å². The van der Waals surface area contributed by atoms with Crippen LogP contribution in [0.2, 0.25) is 0 Å². The van der Waals surface area contributed by atoms with E-state index in [1.165, 1.54) is 11.3 Å². The number of hydrogen-bond acceptors (Lipinski definition) is 5. The summed E-state index contributed by atoms with van der Waals surface area (Å²) >= 11 is 0. The molecule has 0 atom stereocenters. The van der Waals surface area contributed by atoms with Crippen LogP contribution in [0.15, 0.2) is 30.9 Å². The van der Waals surface area contributed by atoms with E-state index in [0.29, 0.717) is 5.82 Å². The van der Waals surface area contributed by atoms with Crippen molar-refractivity contribution in [1.29, 1.82) is 0 Å². The molecular weight excluding hydrogens is 338 g/mol. The maximum absolute atomic E-state index is 4.81. The largest absolute Gasteiger partial charge is 0.328 e. The Bertz CT molecular complexity index is 1070. The lowest BCUT2D eigenvalue weighted by Crippen LogP contribution is -2.27. The summed E-state index contributed by atoms with van der Waals surface area (Å²) in [6.07, 6.45) is 5.28. The van der Waals surface area contributed by atoms with Crippen molar-refractivity contribution in [2.75, 3.05) is 19.6 Å². The van der Waals surface area contributed by atoms with Crippen LogP contribution >= 0.6 is 0 Å². The zero-order valence-electron chi connectivity index (χ0n) is 16.3. The molecule has 140 valence electrons. The van der Waals surface area contributed by atoms with Gasteiger partial charge in [-0.05, 0) is 44.6 Å². The molecule has 4 aromatic heterocycles. The molecule has 0 spiro atoms. The van der Waals surface area contributed by atoms with E-state index in [4.69, 9.17) is 9.97 Å². The van der Waals surface area contributed by atoms with Crippen LogP contribution in [0.4, 0.5) is 0 Å². The Kier molecular flexibility index (Phi) is 4.61. The number of fused-ring (bicyclic) bond motifs is 3. The lowest BCUT2D eigenvalue weighted by molar-refractivity contribution is 0.291. The van der Waals surface area contributed by atoms with E-state index in [9.17, 15) is 0 Å². The van der Waals surface area contributed by atoms with Crippen LogP contribution in [0.3, 0.4) is 0 Å². The Morgan fingerprint density at radius 2 is 1.78 bits per heavy atom. The van der Waals surface area contributed by atoms with E-state index in [2.05, 4.69) is 47.2 Å². The van der Waals surface area contributed by atoms with E-state index in [1.807, 2.05) is 12.1 Å². The van der Waals surface area contributed by atoms with Crippen LogP contribution in [0.25, 0.3) is 28.1 Å². The first kappa shape index (κ1) is 17.6. The highest BCUT2D eigenvalue weighted by atomic mass is 15.3. The Labute approximate surface area is 158 Å². The zero-order chi connectivity index (χ0) is 19.0. The van der Waals surface area contributed by atoms with Crippen molar-refractivity contribution in [2.45, 2.75) is 34.2 Å². The van der Waals surface area contributed by atoms with Gasteiger partial charge >= 0.3 is 0 Å². The fourth-order valence-corrected chi connectivity index (χ4v) is 3.61. The fourth-order valence-electron chi connectivity index (χ4n) is 3.61. The van der Waals surface area contributed by atoms with Crippen LogP contribution < -0.4 is 0 Å². The standard InChI is InChI=1S/C20H25N7/c1-5-25(6-2)11-12-26-15(4)14(3)17-19(26)22-13-27-20(17)23-18(24-27)16-7-9-21-10-8-16/h7-10,13H,5-6,11-12H2,1-4H3. The smallest absolute Gasteiger partial charge is 0.182 e. The molecule has 0 amide bonds. The highest BCUT2D eigenvalue weighted by Gasteiger charge is 2.18. The molecule has 4 rings (SSSR count). The van der Waals surface area contributed by atoms with Crippen LogP contribution in [0.1, 0.15) is 25.1 Å². The number of rotatable bonds is 6. The van der Waals surface area contributed by atoms with Crippen molar-refractivity contribution in [2.24, 2.45) is 0 Å². The van der Waals surface area contributed by atoms with E-state index < -0.39 is 0 Å². The average Bonchev–Trinajstić information content (AvgIpc) is 3.24. The van der Waals surface area contributed by atoms with Gasteiger partial charge in [0.05, 0.1) is 5.39 Å². The van der Waals surface area contributed by atoms with Crippen LogP contribution in [-0.4, -0.2) is 53.7 Å². The molecule has 0 aliphatic heterocycles. The number of likely N-dealkylation sites (N-methyl/N-ethyl adjacent to an activating group) is 1. The van der Waals surface area contributed by atoms with Gasteiger partial charge in [-0.2, -0.15) is 0 Å². The van der Waals surface area contributed by atoms with Crippen molar-refractivity contribution < 1.29 is 0 Å². The van der Waals surface area contributed by atoms with E-state index >= 15 is 0 Å². The molecule has 0 aliphatic carbocycles. The van der Waals surface area contributed by atoms with Crippen molar-refractivity contribution in [3.8, 4) is 11.4 Å². The summed E-state index contributed by atoms with van der Waals surface area (Å²) in [4.78, 5) is 16.0. The molecule has 0 aromatic carbocycles. The van der Waals surface area contributed by atoms with Crippen molar-refractivity contribution in [3.63, 3.8) is 0 Å². The molecule has 0 saturated heterocycles. The van der Waals surface area contributed by atoms with Gasteiger partial charge in [0.15, 0.2) is 11.5 Å². The molecule has 0 aliphatic rings. The number of aromatic nitrogens is 6. The number of hydrogen-bond donors (Lipinski definition) is 0. The quantitative estimate of drug-likeness (QED) is 0.527. The first-order valence-electron chi connectivity index (χ1n) is 9.47. The van der Waals surface area contributed by atoms with Crippen LogP contribution in [0, 0.1) is 13.8 Å². The first-order chi connectivity index (χ1) is 13.1. The molecule has 4 aromatic rings. The summed E-state index contributed by atoms with van der Waals surface area (Å²) in [6, 6.07) is 3.85. The molecular formula is C20H25N7. The number of pyridine rings is 1. The van der Waals surface area contributed by atoms with Gasteiger partial charge < -0.3 is 9.47 Å². The lowest BCUT2D eigenvalue weighted by atomic mass is 10.2. The molecule has 0 fully saturated rings. The van der Waals surface area contributed by atoms with E-state index in [-0.39, 0.29) is 0 Å². The summed E-state index contributed by atoms with van der Waals surface area (Å²) < 4.78 is 4.09. The minimum atomic E-state index is 0.694. The zero-order valence-corrected chi connectivity index (χ0v) is 16.3. The van der Waals surface area contributed by atoms with Crippen molar-refractivity contribution in [1.82, 2.24) is 34.0 Å². The fraction of sp³-hybridized carbons (Fsp3) is 0.400. The van der Waals surface area contributed by atoms with Gasteiger partial charge in [-0.1, -0.05) is 13.8 Å². The Morgan fingerprint density at radius 3 is 2.48 bits per heavy atom. The first-order valence-corrected chi connectivity index (χ1v) is 9.47. The Hall–Kier alpha value is -2.80. The topological polar surface area (TPSA) is 64.1 Å². The summed E-state index contributed by atoms with van der Waals surface area (Å²) in [5.74, 6) is 0.694. The minimum absolute atomic E-state index is 0.694. The van der Waals surface area contributed by atoms with Gasteiger partial charge in [0.25, 0.3) is 0 Å². The van der Waals surface area contributed by atoms with Gasteiger partial charge in [-0.3, -0.25) is 4.98 Å². The lowest BCUT2D eigenvalue weighted by Gasteiger charge is -2.19. The molecule has 7 nitrogen and oxygen atoms in total. The summed E-state index contributed by atoms with van der Waals surface area (Å²) in [7, 11) is 0. The molecule has 0 radical (unpaired) electrons. The second-order valence-electron chi connectivity index (χ2n) is 6.77. The molecule has 0 bridgehead atoms. The molecule has 27 heavy (non-hydrogen) atoms. The maximum Gasteiger partial charge on any atom is 0.182 e. The van der Waals surface area contributed by atoms with Gasteiger partial charge in [0, 0.05) is 36.7 Å². The predicted octanol–water partition coefficient (Wildman–Crippen LogP) is 3.10. The van der Waals surface area contributed by atoms with Crippen molar-refractivity contribution >= 4 is 16.7 Å². The summed E-state index contributed by atoms with van der Waals surface area (Å²) in [5, 5.41) is 5.70. The Morgan fingerprint density at radius 1 is 1.04 bits per heavy atom. The van der Waals surface area contributed by atoms with Crippen LogP contribution in [-0.2, 0) is 6.54 Å². The third-order valence-corrected chi connectivity index (χ3v) is 5.42. The van der Waals surface area contributed by atoms with Gasteiger partial charge in [0.1, 0.15) is 12.0 Å². The summed E-state index contributed by atoms with van der Waals surface area (Å²) in [6.45, 7) is 12.8. The summed E-state index contributed by atoms with van der Waals surface area (Å²) in [5.41, 5.74) is 5.26. The maximum atomic E-state index is 4.81. The second-order valence-corrected chi connectivity index (χ2v) is 6.77. The molecule has 7 heteroatoms. The third kappa shape index (κ3) is 2.98. The second kappa shape index (κ2) is 7.08. The molecule has 0 N–H and O–H groups in total. The SMILES string of the molecule is CCN(CC)CCn1c(C)c(C)c2c1ncn1nc(-c3ccncc3)nc21. The normalized spacial score (nSPS) is 11.9. The van der Waals surface area contributed by atoms with Crippen molar-refractivity contribution in [3.05, 3.63) is 42.1 Å². The molecule has 4 heterocycles. The monoisotopic (exact) mass is 363 g/mol.